The van der Waals surface area contributed by atoms with Gasteiger partial charge in [0.1, 0.15) is 6.61 Å². The van der Waals surface area contributed by atoms with Crippen LogP contribution in [0.25, 0.3) is 33.4 Å². The van der Waals surface area contributed by atoms with E-state index in [1.165, 1.54) is 0 Å². The van der Waals surface area contributed by atoms with Gasteiger partial charge in [0.2, 0.25) is 0 Å². The van der Waals surface area contributed by atoms with Crippen molar-refractivity contribution >= 4 is 16.9 Å². The van der Waals surface area contributed by atoms with E-state index in [0.29, 0.717) is 18.7 Å². The van der Waals surface area contributed by atoms with Crippen LogP contribution in [0, 0.1) is 6.92 Å². The van der Waals surface area contributed by atoms with Crippen molar-refractivity contribution in [1.82, 2.24) is 25.1 Å². The van der Waals surface area contributed by atoms with E-state index in [4.69, 9.17) is 10.5 Å². The second kappa shape index (κ2) is 9.70. The van der Waals surface area contributed by atoms with Crippen molar-refractivity contribution in [2.45, 2.75) is 25.8 Å². The summed E-state index contributed by atoms with van der Waals surface area (Å²) in [5.41, 5.74) is 11.8. The first-order valence-electron chi connectivity index (χ1n) is 11.6. The van der Waals surface area contributed by atoms with Gasteiger partial charge in [-0.3, -0.25) is 20.0 Å². The lowest BCUT2D eigenvalue weighted by Crippen LogP contribution is -2.44. The molecular formula is C26H28N6O2. The molecule has 0 bridgehead atoms. The summed E-state index contributed by atoms with van der Waals surface area (Å²) in [7, 11) is 0. The maximum Gasteiger partial charge on any atom is 0.339 e. The van der Waals surface area contributed by atoms with Crippen LogP contribution in [0.4, 0.5) is 0 Å². The van der Waals surface area contributed by atoms with Gasteiger partial charge in [-0.2, -0.15) is 5.10 Å². The number of carbonyl (C=O) groups excluding carboxylic acids is 1. The molecule has 1 aliphatic rings. The molecule has 1 aliphatic heterocycles. The fraction of sp³-hybridized carbons (Fsp3) is 0.308. The lowest BCUT2D eigenvalue weighted by atomic mass is 10.0. The number of carbonyl (C=O) groups is 1. The second-order valence-corrected chi connectivity index (χ2v) is 8.79. The number of benzene rings is 1. The molecule has 5 rings (SSSR count). The summed E-state index contributed by atoms with van der Waals surface area (Å²) in [5.74, 6) is -0.367. The number of fused-ring (bicyclic) bond motifs is 1. The van der Waals surface area contributed by atoms with Gasteiger partial charge in [-0.25, -0.2) is 4.79 Å². The fourth-order valence-electron chi connectivity index (χ4n) is 4.44. The Kier molecular flexibility index (Phi) is 6.33. The quantitative estimate of drug-likeness (QED) is 0.427. The monoisotopic (exact) mass is 456 g/mol. The van der Waals surface area contributed by atoms with E-state index in [9.17, 15) is 4.79 Å². The number of hydrogen-bond acceptors (Lipinski definition) is 7. The minimum Gasteiger partial charge on any atom is -0.461 e. The van der Waals surface area contributed by atoms with E-state index in [-0.39, 0.29) is 12.0 Å². The molecule has 0 unspecified atom stereocenters. The van der Waals surface area contributed by atoms with Crippen LogP contribution in [0.3, 0.4) is 0 Å². The molecule has 8 nitrogen and oxygen atoms in total. The van der Waals surface area contributed by atoms with Crippen LogP contribution >= 0.6 is 0 Å². The van der Waals surface area contributed by atoms with Gasteiger partial charge in [0.05, 0.1) is 28.7 Å². The van der Waals surface area contributed by atoms with E-state index >= 15 is 0 Å². The smallest absolute Gasteiger partial charge is 0.339 e. The van der Waals surface area contributed by atoms with Crippen molar-refractivity contribution in [2.24, 2.45) is 5.73 Å². The van der Waals surface area contributed by atoms with Gasteiger partial charge in [0, 0.05) is 42.0 Å². The van der Waals surface area contributed by atoms with Gasteiger partial charge < -0.3 is 10.5 Å². The van der Waals surface area contributed by atoms with Gasteiger partial charge in [0.25, 0.3) is 0 Å². The standard InChI is InChI=1S/C26H28N6O2/c1-17-4-2-6-24(30-17)25-22(15-29-31-25)18-7-8-23-19(12-18)13-20(14-28-23)26(33)34-11-10-32-9-3-5-21(27)16-32/h2,4,6-8,12-15,21H,3,5,9-11,16,27H2,1H3,(H,29,31)/t21-/m1/s1. The van der Waals surface area contributed by atoms with Crippen LogP contribution in [0.2, 0.25) is 0 Å². The number of ether oxygens (including phenoxy) is 1. The molecule has 0 saturated carbocycles. The maximum atomic E-state index is 12.7. The molecule has 0 amide bonds. The van der Waals surface area contributed by atoms with Crippen molar-refractivity contribution in [3.8, 4) is 22.5 Å². The molecule has 8 heteroatoms. The molecule has 1 aromatic carbocycles. The molecule has 4 heterocycles. The van der Waals surface area contributed by atoms with Crippen molar-refractivity contribution in [2.75, 3.05) is 26.2 Å². The minimum absolute atomic E-state index is 0.209. The van der Waals surface area contributed by atoms with Crippen LogP contribution in [0.15, 0.2) is 54.9 Å². The Labute approximate surface area is 198 Å². The maximum absolute atomic E-state index is 12.7. The normalized spacial score (nSPS) is 16.6. The molecule has 0 radical (unpaired) electrons. The largest absolute Gasteiger partial charge is 0.461 e. The van der Waals surface area contributed by atoms with E-state index in [1.807, 2.05) is 49.4 Å². The van der Waals surface area contributed by atoms with E-state index in [0.717, 1.165) is 65.0 Å². The molecule has 0 spiro atoms. The Morgan fingerprint density at radius 2 is 2.15 bits per heavy atom. The number of pyridine rings is 2. The predicted molar refractivity (Wildman–Crippen MR) is 131 cm³/mol. The zero-order valence-electron chi connectivity index (χ0n) is 19.2. The average Bonchev–Trinajstić information content (AvgIpc) is 3.33. The molecular weight excluding hydrogens is 428 g/mol. The summed E-state index contributed by atoms with van der Waals surface area (Å²) < 4.78 is 5.52. The highest BCUT2D eigenvalue weighted by Gasteiger charge is 2.17. The molecule has 3 N–H and O–H groups in total. The summed E-state index contributed by atoms with van der Waals surface area (Å²) in [4.78, 5) is 24.0. The SMILES string of the molecule is Cc1cccc(-c2[nH]ncc2-c2ccc3ncc(C(=O)OCCN4CCC[C@@H](N)C4)cc3c2)n1. The summed E-state index contributed by atoms with van der Waals surface area (Å²) in [6, 6.07) is 13.9. The third-order valence-corrected chi connectivity index (χ3v) is 6.19. The number of rotatable bonds is 6. The molecule has 3 aromatic heterocycles. The first kappa shape index (κ1) is 22.2. The second-order valence-electron chi connectivity index (χ2n) is 8.79. The number of nitrogens with one attached hydrogen (secondary N) is 1. The van der Waals surface area contributed by atoms with Crippen molar-refractivity contribution < 1.29 is 9.53 Å². The zero-order chi connectivity index (χ0) is 23.5. The summed E-state index contributed by atoms with van der Waals surface area (Å²) in [6.45, 7) is 4.85. The topological polar surface area (TPSA) is 110 Å². The molecule has 1 atom stereocenters. The van der Waals surface area contributed by atoms with Crippen molar-refractivity contribution in [3.63, 3.8) is 0 Å². The van der Waals surface area contributed by atoms with E-state index in [2.05, 4.69) is 25.1 Å². The predicted octanol–water partition coefficient (Wildman–Crippen LogP) is 3.58. The van der Waals surface area contributed by atoms with Crippen LogP contribution in [-0.4, -0.2) is 63.3 Å². The van der Waals surface area contributed by atoms with Gasteiger partial charge in [-0.05, 0) is 62.2 Å². The lowest BCUT2D eigenvalue weighted by Gasteiger charge is -2.30. The average molecular weight is 457 g/mol. The van der Waals surface area contributed by atoms with Gasteiger partial charge >= 0.3 is 5.97 Å². The summed E-state index contributed by atoms with van der Waals surface area (Å²) in [6.07, 6.45) is 5.51. The van der Waals surface area contributed by atoms with Crippen LogP contribution in [-0.2, 0) is 4.74 Å². The summed E-state index contributed by atoms with van der Waals surface area (Å²) in [5, 5.41) is 8.16. The number of piperidine rings is 1. The Morgan fingerprint density at radius 1 is 1.24 bits per heavy atom. The van der Waals surface area contributed by atoms with Crippen LogP contribution < -0.4 is 5.73 Å². The molecule has 1 saturated heterocycles. The molecule has 4 aromatic rings. The van der Waals surface area contributed by atoms with Gasteiger partial charge in [-0.15, -0.1) is 0 Å². The Bertz CT molecular complexity index is 1320. The number of nitrogens with two attached hydrogens (primary N) is 1. The number of nitrogens with zero attached hydrogens (tertiary/aromatic N) is 4. The van der Waals surface area contributed by atoms with Gasteiger partial charge in [-0.1, -0.05) is 12.1 Å². The lowest BCUT2D eigenvalue weighted by molar-refractivity contribution is 0.0447. The van der Waals surface area contributed by atoms with Crippen LogP contribution in [0.1, 0.15) is 28.9 Å². The zero-order valence-corrected chi connectivity index (χ0v) is 19.2. The Hall–Kier alpha value is -3.62. The van der Waals surface area contributed by atoms with Crippen LogP contribution in [0.5, 0.6) is 0 Å². The molecule has 174 valence electrons. The van der Waals surface area contributed by atoms with Gasteiger partial charge in [0.15, 0.2) is 0 Å². The first-order valence-corrected chi connectivity index (χ1v) is 11.6. The highest BCUT2D eigenvalue weighted by Crippen LogP contribution is 2.31. The number of hydrogen-bond donors (Lipinski definition) is 2. The molecule has 0 aliphatic carbocycles. The minimum atomic E-state index is -0.367. The highest BCUT2D eigenvalue weighted by molar-refractivity contribution is 5.95. The number of esters is 1. The van der Waals surface area contributed by atoms with Crippen molar-refractivity contribution in [3.05, 3.63) is 66.1 Å². The van der Waals surface area contributed by atoms with E-state index in [1.54, 1.807) is 12.4 Å². The summed E-state index contributed by atoms with van der Waals surface area (Å²) >= 11 is 0. The third kappa shape index (κ3) is 4.83. The fourth-order valence-corrected chi connectivity index (χ4v) is 4.44. The number of H-pyrrole nitrogens is 1. The molecule has 34 heavy (non-hydrogen) atoms. The Balaban J connectivity index is 1.33. The number of aromatic amines is 1. The highest BCUT2D eigenvalue weighted by atomic mass is 16.5. The molecule has 1 fully saturated rings. The number of aryl methyl sites for hydroxylation is 1. The third-order valence-electron chi connectivity index (χ3n) is 6.19. The Morgan fingerprint density at radius 3 is 3.00 bits per heavy atom. The first-order chi connectivity index (χ1) is 16.6. The number of aromatic nitrogens is 4. The van der Waals surface area contributed by atoms with Crippen molar-refractivity contribution in [1.29, 1.82) is 0 Å². The number of likely N-dealkylation sites (tertiary alicyclic amines) is 1. The van der Waals surface area contributed by atoms with E-state index < -0.39 is 0 Å².